The molecule has 0 aliphatic carbocycles. The maximum Gasteiger partial charge on any atom is 0.534 e. The molecule has 0 unspecified atom stereocenters. The summed E-state index contributed by atoms with van der Waals surface area (Å²) in [6, 6.07) is 1.27. The third-order valence-electron chi connectivity index (χ3n) is 2.17. The molecule has 150 valence electrons. The molecule has 0 saturated carbocycles. The predicted molar refractivity (Wildman–Crippen MR) is 74.5 cm³/mol. The van der Waals surface area contributed by atoms with E-state index in [4.69, 9.17) is 4.55 Å². The zero-order valence-corrected chi connectivity index (χ0v) is 14.3. The fourth-order valence-corrected chi connectivity index (χ4v) is 1.68. The summed E-state index contributed by atoms with van der Waals surface area (Å²) < 4.78 is 125. The molecule has 0 amide bonds. The number of benzene rings is 1. The maximum absolute atomic E-state index is 12.7. The van der Waals surface area contributed by atoms with Gasteiger partial charge >= 0.3 is 21.8 Å². The van der Waals surface area contributed by atoms with Crippen molar-refractivity contribution in [2.24, 2.45) is 0 Å². The van der Waals surface area contributed by atoms with Crippen molar-refractivity contribution in [2.75, 3.05) is 6.26 Å². The van der Waals surface area contributed by atoms with E-state index < -0.39 is 54.6 Å². The van der Waals surface area contributed by atoms with E-state index in [1.165, 1.54) is 0 Å². The maximum atomic E-state index is 12.7. The number of Topliss-reactive ketones (excluding diaryl/α,β-unsaturated/α-hetero) is 1. The van der Waals surface area contributed by atoms with Gasteiger partial charge in [-0.15, -0.1) is 0 Å². The molecule has 1 aromatic carbocycles. The number of hydrogen-bond acceptors (Lipinski definition) is 6. The highest BCUT2D eigenvalue weighted by atomic mass is 32.2. The van der Waals surface area contributed by atoms with Crippen molar-refractivity contribution in [3.63, 3.8) is 0 Å². The van der Waals surface area contributed by atoms with Gasteiger partial charge in [0.05, 0.1) is 11.8 Å². The van der Waals surface area contributed by atoms with Crippen LogP contribution in [0.1, 0.15) is 22.8 Å². The minimum absolute atomic E-state index is 0.212. The second kappa shape index (κ2) is 7.79. The molecule has 0 aliphatic rings. The van der Waals surface area contributed by atoms with Gasteiger partial charge in [-0.05, 0) is 25.1 Å². The van der Waals surface area contributed by atoms with E-state index in [-0.39, 0.29) is 6.07 Å². The van der Waals surface area contributed by atoms with Gasteiger partial charge in [0, 0.05) is 5.56 Å². The Kier molecular flexibility index (Phi) is 7.23. The quantitative estimate of drug-likeness (QED) is 0.257. The number of carbonyl (C=O) groups excluding carboxylic acids is 1. The van der Waals surface area contributed by atoms with Crippen LogP contribution < -0.4 is 4.18 Å². The summed E-state index contributed by atoms with van der Waals surface area (Å²) in [6.07, 6.45) is -4.49. The lowest BCUT2D eigenvalue weighted by Crippen LogP contribution is -2.29. The van der Waals surface area contributed by atoms with Crippen molar-refractivity contribution in [3.8, 4) is 5.75 Å². The molecule has 0 saturated heterocycles. The Balaban J connectivity index is 0.00000110. The Morgan fingerprint density at radius 2 is 1.46 bits per heavy atom. The zero-order valence-electron chi connectivity index (χ0n) is 12.7. The van der Waals surface area contributed by atoms with Gasteiger partial charge in [0.1, 0.15) is 0 Å². The zero-order chi connectivity index (χ0) is 21.1. The lowest BCUT2D eigenvalue weighted by atomic mass is 10.1. The molecule has 0 bridgehead atoms. The van der Waals surface area contributed by atoms with E-state index in [2.05, 4.69) is 4.18 Å². The molecule has 1 aromatic rings. The first kappa shape index (κ1) is 24.1. The number of halogens is 6. The number of rotatable bonds is 3. The van der Waals surface area contributed by atoms with Crippen LogP contribution in [-0.2, 0) is 26.4 Å². The van der Waals surface area contributed by atoms with Gasteiger partial charge in [-0.2, -0.15) is 43.2 Å². The highest BCUT2D eigenvalue weighted by Gasteiger charge is 2.49. The first-order chi connectivity index (χ1) is 11.3. The Morgan fingerprint density at radius 1 is 1.04 bits per heavy atom. The first-order valence-electron chi connectivity index (χ1n) is 5.91. The first-order valence-corrected chi connectivity index (χ1v) is 9.17. The summed E-state index contributed by atoms with van der Waals surface area (Å²) >= 11 is 0. The Bertz CT molecular complexity index is 861. The van der Waals surface area contributed by atoms with Gasteiger partial charge in [0.2, 0.25) is 0 Å². The summed E-state index contributed by atoms with van der Waals surface area (Å²) in [5.41, 5.74) is -8.14. The van der Waals surface area contributed by atoms with Crippen LogP contribution in [0.3, 0.4) is 0 Å². The number of ketones is 1. The summed E-state index contributed by atoms with van der Waals surface area (Å²) in [5, 5.41) is 0. The predicted octanol–water partition coefficient (Wildman–Crippen LogP) is 2.64. The average molecular weight is 432 g/mol. The highest BCUT2D eigenvalue weighted by molar-refractivity contribution is 7.88. The second-order valence-electron chi connectivity index (χ2n) is 4.48. The van der Waals surface area contributed by atoms with Crippen LogP contribution in [0.4, 0.5) is 26.3 Å². The minimum atomic E-state index is -6.25. The topological polar surface area (TPSA) is 115 Å². The number of hydrogen-bond donors (Lipinski definition) is 1. The van der Waals surface area contributed by atoms with Crippen LogP contribution in [0.2, 0.25) is 0 Å². The van der Waals surface area contributed by atoms with Crippen LogP contribution in [-0.4, -0.2) is 38.9 Å². The third-order valence-corrected chi connectivity index (χ3v) is 3.14. The standard InChI is InChI=1S/C10H6F6O4S.CH4O3S/c1-5(17)6-2-3-8(7(4-6)9(11,12)13)20-21(18,19)10(14,15)16;1-5(2,3)4/h2-4H,1H3;1H3,(H,2,3,4). The number of alkyl halides is 6. The normalized spacial score (nSPS) is 12.8. The fourth-order valence-electron chi connectivity index (χ4n) is 1.21. The molecule has 1 N–H and O–H groups in total. The van der Waals surface area contributed by atoms with E-state index in [9.17, 15) is 48.0 Å². The molecule has 26 heavy (non-hydrogen) atoms. The molecular formula is C11H10F6O7S2. The second-order valence-corrected chi connectivity index (χ2v) is 7.48. The fraction of sp³-hybridized carbons (Fsp3) is 0.364. The molecule has 0 aliphatic heterocycles. The third kappa shape index (κ3) is 8.01. The van der Waals surface area contributed by atoms with Crippen molar-refractivity contribution < 1.29 is 56.7 Å². The molecular weight excluding hydrogens is 422 g/mol. The molecule has 15 heteroatoms. The summed E-state index contributed by atoms with van der Waals surface area (Å²) in [7, 11) is -9.92. The van der Waals surface area contributed by atoms with Gasteiger partial charge in [0.15, 0.2) is 11.5 Å². The summed E-state index contributed by atoms with van der Waals surface area (Å²) in [4.78, 5) is 11.0. The molecule has 0 spiro atoms. The van der Waals surface area contributed by atoms with Gasteiger partial charge in [-0.1, -0.05) is 0 Å². The van der Waals surface area contributed by atoms with Crippen molar-refractivity contribution in [3.05, 3.63) is 29.3 Å². The molecule has 0 fully saturated rings. The van der Waals surface area contributed by atoms with Crippen molar-refractivity contribution in [1.29, 1.82) is 0 Å². The van der Waals surface area contributed by atoms with Gasteiger partial charge < -0.3 is 4.18 Å². The van der Waals surface area contributed by atoms with Crippen LogP contribution in [0, 0.1) is 0 Å². The average Bonchev–Trinajstić information content (AvgIpc) is 2.33. The Morgan fingerprint density at radius 3 is 1.77 bits per heavy atom. The SMILES string of the molecule is CC(=O)c1ccc(OS(=O)(=O)C(F)(F)F)c(C(F)(F)F)c1.CS(=O)(=O)O. The van der Waals surface area contributed by atoms with E-state index >= 15 is 0 Å². The summed E-state index contributed by atoms with van der Waals surface area (Å²) in [5.74, 6) is -2.35. The van der Waals surface area contributed by atoms with Gasteiger partial charge in [0.25, 0.3) is 10.1 Å². The molecule has 0 atom stereocenters. The molecule has 7 nitrogen and oxygen atoms in total. The summed E-state index contributed by atoms with van der Waals surface area (Å²) in [6.45, 7) is 0.933. The van der Waals surface area contributed by atoms with Gasteiger partial charge in [-0.25, -0.2) is 0 Å². The Labute approximate surface area is 143 Å². The minimum Gasteiger partial charge on any atom is -0.375 e. The lowest BCUT2D eigenvalue weighted by Gasteiger charge is -2.15. The molecule has 0 radical (unpaired) electrons. The van der Waals surface area contributed by atoms with Gasteiger partial charge in [-0.3, -0.25) is 9.35 Å². The van der Waals surface area contributed by atoms with Crippen molar-refractivity contribution >= 4 is 26.0 Å². The van der Waals surface area contributed by atoms with E-state index in [1.54, 1.807) is 0 Å². The van der Waals surface area contributed by atoms with Crippen LogP contribution >= 0.6 is 0 Å². The monoisotopic (exact) mass is 432 g/mol. The molecule has 1 rings (SSSR count). The largest absolute Gasteiger partial charge is 0.534 e. The Hall–Kier alpha value is -1.87. The van der Waals surface area contributed by atoms with E-state index in [0.717, 1.165) is 13.0 Å². The van der Waals surface area contributed by atoms with E-state index in [0.29, 0.717) is 12.3 Å². The van der Waals surface area contributed by atoms with Crippen LogP contribution in [0.15, 0.2) is 18.2 Å². The lowest BCUT2D eigenvalue weighted by molar-refractivity contribution is -0.138. The van der Waals surface area contributed by atoms with Crippen molar-refractivity contribution in [2.45, 2.75) is 18.6 Å². The van der Waals surface area contributed by atoms with E-state index in [1.807, 2.05) is 0 Å². The van der Waals surface area contributed by atoms with Crippen molar-refractivity contribution in [1.82, 2.24) is 0 Å². The number of carbonyl (C=O) groups is 1. The highest BCUT2D eigenvalue weighted by Crippen LogP contribution is 2.39. The van der Waals surface area contributed by atoms with Crippen LogP contribution in [0.5, 0.6) is 5.75 Å². The smallest absolute Gasteiger partial charge is 0.375 e. The van der Waals surface area contributed by atoms with Crippen LogP contribution in [0.25, 0.3) is 0 Å². The molecule has 0 aromatic heterocycles. The molecule has 0 heterocycles.